The first kappa shape index (κ1) is 17.0. The molecule has 0 radical (unpaired) electrons. The fourth-order valence-corrected chi connectivity index (χ4v) is 2.60. The van der Waals surface area contributed by atoms with E-state index in [2.05, 4.69) is 10.3 Å². The number of aromatic amines is 1. The Bertz CT molecular complexity index is 719. The Morgan fingerprint density at radius 3 is 2.43 bits per heavy atom. The summed E-state index contributed by atoms with van der Waals surface area (Å²) in [7, 11) is 0. The summed E-state index contributed by atoms with van der Waals surface area (Å²) in [5, 5.41) is 3.15. The first-order chi connectivity index (χ1) is 10.9. The van der Waals surface area contributed by atoms with Crippen molar-refractivity contribution in [2.24, 2.45) is 0 Å². The average molecular weight is 334 g/mol. The van der Waals surface area contributed by atoms with Gasteiger partial charge in [0, 0.05) is 25.6 Å². The maximum Gasteiger partial charge on any atom is 0.338 e. The molecule has 120 valence electrons. The number of H-pyrrole nitrogens is 1. The van der Waals surface area contributed by atoms with Gasteiger partial charge < -0.3 is 10.1 Å². The molecule has 1 heterocycles. The molecule has 0 aliphatic carbocycles. The van der Waals surface area contributed by atoms with Crippen LogP contribution in [0.15, 0.2) is 30.3 Å². The van der Waals surface area contributed by atoms with E-state index in [0.717, 1.165) is 5.69 Å². The molecule has 0 spiro atoms. The number of benzene rings is 1. The van der Waals surface area contributed by atoms with E-state index in [0.29, 0.717) is 34.1 Å². The fraction of sp³-hybridized carbons (Fsp3) is 0.235. The highest BCUT2D eigenvalue weighted by molar-refractivity contribution is 6.34. The van der Waals surface area contributed by atoms with Crippen LogP contribution in [0, 0.1) is 13.8 Å². The van der Waals surface area contributed by atoms with Crippen LogP contribution < -0.4 is 10.3 Å². The molecule has 0 saturated heterocycles. The molecule has 6 heteroatoms. The van der Waals surface area contributed by atoms with Crippen molar-refractivity contribution < 1.29 is 19.3 Å². The lowest BCUT2D eigenvalue weighted by molar-refractivity contribution is -0.397. The van der Waals surface area contributed by atoms with Crippen molar-refractivity contribution in [2.45, 2.75) is 20.8 Å². The summed E-state index contributed by atoms with van der Waals surface area (Å²) in [5.74, 6) is -0.704. The molecule has 0 atom stereocenters. The third-order valence-corrected chi connectivity index (χ3v) is 3.52. The topological polar surface area (TPSA) is 69.5 Å². The number of nitrogens with one attached hydrogen (secondary N) is 2. The minimum absolute atomic E-state index is 0.312. The van der Waals surface area contributed by atoms with E-state index in [9.17, 15) is 9.59 Å². The van der Waals surface area contributed by atoms with Gasteiger partial charge in [0.1, 0.15) is 5.56 Å². The maximum absolute atomic E-state index is 12.4. The van der Waals surface area contributed by atoms with Crippen LogP contribution in [0.5, 0.6) is 0 Å². The molecule has 2 aromatic rings. The smallest absolute Gasteiger partial charge is 0.338 e. The van der Waals surface area contributed by atoms with E-state index in [-0.39, 0.29) is 5.91 Å². The number of hydrogen-bond acceptors (Lipinski definition) is 3. The average Bonchev–Trinajstić information content (AvgIpc) is 2.47. The van der Waals surface area contributed by atoms with Crippen LogP contribution in [0.1, 0.15) is 39.0 Å². The lowest BCUT2D eigenvalue weighted by Crippen LogP contribution is -2.22. The Kier molecular flexibility index (Phi) is 5.34. The molecule has 0 saturated carbocycles. The zero-order valence-corrected chi connectivity index (χ0v) is 14.0. The predicted octanol–water partition coefficient (Wildman–Crippen LogP) is 3.20. The summed E-state index contributed by atoms with van der Waals surface area (Å²) >= 11 is 6.16. The molecule has 2 N–H and O–H groups in total. The Balaban J connectivity index is 2.16. The van der Waals surface area contributed by atoms with Crippen molar-refractivity contribution >= 4 is 29.2 Å². The monoisotopic (exact) mass is 333 g/mol. The van der Waals surface area contributed by atoms with Gasteiger partial charge >= 0.3 is 5.97 Å². The minimum atomic E-state index is -0.391. The van der Waals surface area contributed by atoms with Crippen molar-refractivity contribution in [1.29, 1.82) is 0 Å². The molecule has 23 heavy (non-hydrogen) atoms. The van der Waals surface area contributed by atoms with Crippen LogP contribution in [-0.4, -0.2) is 18.5 Å². The van der Waals surface area contributed by atoms with Crippen molar-refractivity contribution in [1.82, 2.24) is 0 Å². The largest absolute Gasteiger partial charge is 0.462 e. The van der Waals surface area contributed by atoms with Gasteiger partial charge in [0.05, 0.1) is 17.2 Å². The van der Waals surface area contributed by atoms with Gasteiger partial charge in [0.25, 0.3) is 5.91 Å². The summed E-state index contributed by atoms with van der Waals surface area (Å²) in [6.45, 7) is 5.72. The highest BCUT2D eigenvalue weighted by Crippen LogP contribution is 2.19. The van der Waals surface area contributed by atoms with Gasteiger partial charge in [-0.1, -0.05) is 11.6 Å². The number of halogens is 1. The van der Waals surface area contributed by atoms with Crippen molar-refractivity contribution in [2.75, 3.05) is 11.9 Å². The molecule has 1 aromatic carbocycles. The minimum Gasteiger partial charge on any atom is -0.462 e. The summed E-state index contributed by atoms with van der Waals surface area (Å²) in [6, 6.07) is 8.19. The van der Waals surface area contributed by atoms with Crippen molar-refractivity contribution in [3.63, 3.8) is 0 Å². The van der Waals surface area contributed by atoms with E-state index in [4.69, 9.17) is 16.3 Å². The Morgan fingerprint density at radius 2 is 1.87 bits per heavy atom. The van der Waals surface area contributed by atoms with E-state index in [1.807, 2.05) is 6.92 Å². The van der Waals surface area contributed by atoms with Crippen molar-refractivity contribution in [3.8, 4) is 0 Å². The number of pyridine rings is 1. The molecule has 5 nitrogen and oxygen atoms in total. The van der Waals surface area contributed by atoms with Gasteiger partial charge in [-0.3, -0.25) is 4.79 Å². The number of ether oxygens (including phenoxy) is 1. The number of aromatic nitrogens is 1. The van der Waals surface area contributed by atoms with Crippen LogP contribution in [-0.2, 0) is 4.74 Å². The Morgan fingerprint density at radius 1 is 1.22 bits per heavy atom. The van der Waals surface area contributed by atoms with Gasteiger partial charge in [-0.25, -0.2) is 9.78 Å². The number of hydrogen-bond donors (Lipinski definition) is 1. The summed E-state index contributed by atoms with van der Waals surface area (Å²) in [6.07, 6.45) is 0. The predicted molar refractivity (Wildman–Crippen MR) is 87.8 cm³/mol. The first-order valence-corrected chi connectivity index (χ1v) is 7.57. The maximum atomic E-state index is 12.4. The van der Waals surface area contributed by atoms with E-state index >= 15 is 0 Å². The molecule has 0 unspecified atom stereocenters. The molecular formula is C17H18ClN2O3+. The van der Waals surface area contributed by atoms with Gasteiger partial charge in [0.2, 0.25) is 0 Å². The second-order valence-electron chi connectivity index (χ2n) is 5.05. The number of aryl methyl sites for hydroxylation is 2. The van der Waals surface area contributed by atoms with Crippen LogP contribution in [0.4, 0.5) is 5.69 Å². The molecule has 1 amide bonds. The molecule has 0 fully saturated rings. The fourth-order valence-electron chi connectivity index (χ4n) is 2.21. The van der Waals surface area contributed by atoms with Crippen molar-refractivity contribution in [3.05, 3.63) is 57.9 Å². The normalized spacial score (nSPS) is 10.3. The highest BCUT2D eigenvalue weighted by Gasteiger charge is 2.19. The summed E-state index contributed by atoms with van der Waals surface area (Å²) in [4.78, 5) is 27.0. The lowest BCUT2D eigenvalue weighted by atomic mass is 10.1. The lowest BCUT2D eigenvalue weighted by Gasteiger charge is -2.08. The van der Waals surface area contributed by atoms with Gasteiger partial charge in [0.15, 0.2) is 11.4 Å². The summed E-state index contributed by atoms with van der Waals surface area (Å²) < 4.78 is 4.91. The van der Waals surface area contributed by atoms with Gasteiger partial charge in [-0.15, -0.1) is 0 Å². The number of rotatable bonds is 4. The van der Waals surface area contributed by atoms with Crippen LogP contribution >= 0.6 is 11.6 Å². The number of carbonyl (C=O) groups excluding carboxylic acids is 2. The second-order valence-corrected chi connectivity index (χ2v) is 5.46. The molecule has 2 rings (SSSR count). The van der Waals surface area contributed by atoms with E-state index < -0.39 is 5.97 Å². The third-order valence-electron chi connectivity index (χ3n) is 3.22. The van der Waals surface area contributed by atoms with Crippen LogP contribution in [0.25, 0.3) is 0 Å². The van der Waals surface area contributed by atoms with Crippen LogP contribution in [0.3, 0.4) is 0 Å². The zero-order chi connectivity index (χ0) is 17.0. The number of carbonyl (C=O) groups is 2. The van der Waals surface area contributed by atoms with E-state index in [1.54, 1.807) is 44.2 Å². The molecule has 0 bridgehead atoms. The van der Waals surface area contributed by atoms with Gasteiger partial charge in [-0.05, 0) is 31.2 Å². The standard InChI is InChI=1S/C17H17ClN2O3/c1-4-23-17(22)12-5-7-13(8-6-12)20-16(21)15-11(3)19-10(2)9-14(15)18/h5-9H,4H2,1-3H3,(H,20,21)/p+1. The molecule has 0 aliphatic rings. The van der Waals surface area contributed by atoms with E-state index in [1.165, 1.54) is 0 Å². The second kappa shape index (κ2) is 7.24. The number of amides is 1. The number of esters is 1. The zero-order valence-electron chi connectivity index (χ0n) is 13.2. The first-order valence-electron chi connectivity index (χ1n) is 7.20. The summed E-state index contributed by atoms with van der Waals surface area (Å²) in [5.41, 5.74) is 2.96. The quantitative estimate of drug-likeness (QED) is 0.873. The van der Waals surface area contributed by atoms with Crippen LogP contribution in [0.2, 0.25) is 5.02 Å². The third kappa shape index (κ3) is 4.07. The Hall–Kier alpha value is -2.40. The van der Waals surface area contributed by atoms with Gasteiger partial charge in [-0.2, -0.15) is 0 Å². The molecular weight excluding hydrogens is 316 g/mol. The Labute approximate surface area is 139 Å². The molecule has 1 aromatic heterocycles. The molecule has 0 aliphatic heterocycles. The number of anilines is 1. The highest BCUT2D eigenvalue weighted by atomic mass is 35.5. The SMILES string of the molecule is CCOC(=O)c1ccc(NC(=O)c2c(Cl)cc(C)[nH+]c2C)cc1.